The van der Waals surface area contributed by atoms with E-state index in [4.69, 9.17) is 10.5 Å². The van der Waals surface area contributed by atoms with E-state index in [2.05, 4.69) is 0 Å². The number of nitrogens with zero attached hydrogens (tertiary/aromatic N) is 1. The van der Waals surface area contributed by atoms with Crippen LogP contribution < -0.4 is 15.4 Å². The second-order valence-electron chi connectivity index (χ2n) is 4.31. The molecule has 2 rings (SSSR count). The molecule has 0 atom stereocenters. The molecule has 104 valence electrons. The van der Waals surface area contributed by atoms with Crippen LogP contribution in [0.3, 0.4) is 0 Å². The molecule has 0 aliphatic carbocycles. The van der Waals surface area contributed by atoms with Crippen LogP contribution in [0.4, 0.5) is 15.8 Å². The maximum Gasteiger partial charge on any atom is 0.258 e. The van der Waals surface area contributed by atoms with Gasteiger partial charge in [0.25, 0.3) is 5.91 Å². The van der Waals surface area contributed by atoms with Crippen molar-refractivity contribution in [2.45, 2.75) is 0 Å². The minimum atomic E-state index is -0.459. The highest BCUT2D eigenvalue weighted by molar-refractivity contribution is 6.06. The largest absolute Gasteiger partial charge is 0.497 e. The van der Waals surface area contributed by atoms with E-state index in [0.717, 1.165) is 0 Å². The summed E-state index contributed by atoms with van der Waals surface area (Å²) in [6.07, 6.45) is 0. The summed E-state index contributed by atoms with van der Waals surface area (Å²) in [6, 6.07) is 10.8. The average Bonchev–Trinajstić information content (AvgIpc) is 2.45. The third-order valence-corrected chi connectivity index (χ3v) is 2.93. The highest BCUT2D eigenvalue weighted by Gasteiger charge is 2.17. The molecular weight excluding hydrogens is 259 g/mol. The molecule has 0 aromatic heterocycles. The van der Waals surface area contributed by atoms with Gasteiger partial charge in [-0.3, -0.25) is 4.79 Å². The molecule has 20 heavy (non-hydrogen) atoms. The van der Waals surface area contributed by atoms with Gasteiger partial charge >= 0.3 is 0 Å². The molecule has 2 N–H and O–H groups in total. The van der Waals surface area contributed by atoms with Crippen molar-refractivity contribution in [3.8, 4) is 5.75 Å². The fraction of sp³-hybridized carbons (Fsp3) is 0.133. The van der Waals surface area contributed by atoms with Gasteiger partial charge in [-0.25, -0.2) is 4.39 Å². The predicted octanol–water partition coefficient (Wildman–Crippen LogP) is 2.69. The van der Waals surface area contributed by atoms with Gasteiger partial charge in [0.1, 0.15) is 11.6 Å². The minimum absolute atomic E-state index is 0.207. The molecule has 0 fully saturated rings. The van der Waals surface area contributed by atoms with E-state index < -0.39 is 5.82 Å². The predicted molar refractivity (Wildman–Crippen MR) is 76.5 cm³/mol. The van der Waals surface area contributed by atoms with Crippen molar-refractivity contribution >= 4 is 17.3 Å². The Hall–Kier alpha value is -2.56. The summed E-state index contributed by atoms with van der Waals surface area (Å²) in [4.78, 5) is 13.6. The molecule has 0 saturated heterocycles. The van der Waals surface area contributed by atoms with Crippen LogP contribution in [0.1, 0.15) is 10.4 Å². The molecule has 0 saturated carbocycles. The van der Waals surface area contributed by atoms with Gasteiger partial charge in [-0.2, -0.15) is 0 Å². The molecule has 0 aliphatic rings. The summed E-state index contributed by atoms with van der Waals surface area (Å²) < 4.78 is 18.8. The Kier molecular flexibility index (Phi) is 3.89. The van der Waals surface area contributed by atoms with Crippen LogP contribution in [-0.2, 0) is 0 Å². The molecule has 5 heteroatoms. The number of para-hydroxylation sites is 1. The summed E-state index contributed by atoms with van der Waals surface area (Å²) in [5.41, 5.74) is 6.68. The number of benzene rings is 2. The van der Waals surface area contributed by atoms with Gasteiger partial charge < -0.3 is 15.4 Å². The Morgan fingerprint density at radius 1 is 1.25 bits per heavy atom. The molecule has 0 heterocycles. The van der Waals surface area contributed by atoms with Crippen LogP contribution in [0.2, 0.25) is 0 Å². The first-order valence-electron chi connectivity index (χ1n) is 6.00. The number of amides is 1. The number of anilines is 2. The number of methoxy groups -OCH3 is 1. The third-order valence-electron chi connectivity index (χ3n) is 2.93. The van der Waals surface area contributed by atoms with Crippen molar-refractivity contribution in [2.24, 2.45) is 0 Å². The summed E-state index contributed by atoms with van der Waals surface area (Å²) in [7, 11) is 3.00. The lowest BCUT2D eigenvalue weighted by Gasteiger charge is -2.18. The lowest BCUT2D eigenvalue weighted by atomic mass is 10.1. The second-order valence-corrected chi connectivity index (χ2v) is 4.31. The Bertz CT molecular complexity index is 644. The van der Waals surface area contributed by atoms with E-state index in [-0.39, 0.29) is 11.6 Å². The van der Waals surface area contributed by atoms with Gasteiger partial charge in [0.15, 0.2) is 0 Å². The minimum Gasteiger partial charge on any atom is -0.497 e. The van der Waals surface area contributed by atoms with Crippen LogP contribution in [0, 0.1) is 5.82 Å². The summed E-state index contributed by atoms with van der Waals surface area (Å²) in [5, 5.41) is 0. The van der Waals surface area contributed by atoms with Gasteiger partial charge in [-0.05, 0) is 24.3 Å². The van der Waals surface area contributed by atoms with Crippen LogP contribution in [0.5, 0.6) is 5.75 Å². The van der Waals surface area contributed by atoms with E-state index in [0.29, 0.717) is 17.0 Å². The lowest BCUT2D eigenvalue weighted by Crippen LogP contribution is -2.27. The van der Waals surface area contributed by atoms with E-state index in [1.807, 2.05) is 0 Å². The van der Waals surface area contributed by atoms with Crippen molar-refractivity contribution in [1.29, 1.82) is 0 Å². The molecule has 4 nitrogen and oxygen atoms in total. The van der Waals surface area contributed by atoms with Gasteiger partial charge in [0, 0.05) is 24.4 Å². The number of ether oxygens (including phenoxy) is 1. The van der Waals surface area contributed by atoms with Gasteiger partial charge in [0.2, 0.25) is 0 Å². The monoisotopic (exact) mass is 274 g/mol. The van der Waals surface area contributed by atoms with E-state index in [1.165, 1.54) is 37.3 Å². The van der Waals surface area contributed by atoms with Gasteiger partial charge in [-0.1, -0.05) is 12.1 Å². The number of hydrogen-bond acceptors (Lipinski definition) is 3. The standard InChI is InChI=1S/C15H15FN2O2/c1-18(14-6-4-3-5-13(14)16)15(19)10-7-11(17)9-12(8-10)20-2/h3-9H,17H2,1-2H3. The van der Waals surface area contributed by atoms with E-state index in [9.17, 15) is 9.18 Å². The van der Waals surface area contributed by atoms with Gasteiger partial charge in [0.05, 0.1) is 12.8 Å². The average molecular weight is 274 g/mol. The molecule has 2 aromatic carbocycles. The first-order chi connectivity index (χ1) is 9.52. The molecule has 0 aliphatic heterocycles. The van der Waals surface area contributed by atoms with Crippen molar-refractivity contribution in [3.63, 3.8) is 0 Å². The first-order valence-corrected chi connectivity index (χ1v) is 6.00. The second kappa shape index (κ2) is 5.61. The molecule has 0 radical (unpaired) electrons. The molecular formula is C15H15FN2O2. The summed E-state index contributed by atoms with van der Waals surface area (Å²) in [5.74, 6) is -0.338. The van der Waals surface area contributed by atoms with Crippen molar-refractivity contribution < 1.29 is 13.9 Å². The van der Waals surface area contributed by atoms with Crippen molar-refractivity contribution in [3.05, 3.63) is 53.8 Å². The molecule has 1 amide bonds. The highest BCUT2D eigenvalue weighted by atomic mass is 19.1. The Morgan fingerprint density at radius 2 is 1.95 bits per heavy atom. The number of nitrogen functional groups attached to an aromatic ring is 1. The number of carbonyl (C=O) groups excluding carboxylic acids is 1. The zero-order chi connectivity index (χ0) is 14.7. The fourth-order valence-corrected chi connectivity index (χ4v) is 1.89. The smallest absolute Gasteiger partial charge is 0.258 e. The topological polar surface area (TPSA) is 55.6 Å². The number of nitrogens with two attached hydrogens (primary N) is 1. The highest BCUT2D eigenvalue weighted by Crippen LogP contribution is 2.23. The van der Waals surface area contributed by atoms with Crippen molar-refractivity contribution in [1.82, 2.24) is 0 Å². The van der Waals surface area contributed by atoms with Crippen LogP contribution in [0.25, 0.3) is 0 Å². The lowest BCUT2D eigenvalue weighted by molar-refractivity contribution is 0.0992. The number of hydrogen-bond donors (Lipinski definition) is 1. The molecule has 0 spiro atoms. The van der Waals surface area contributed by atoms with Crippen LogP contribution >= 0.6 is 0 Å². The normalized spacial score (nSPS) is 10.2. The maximum absolute atomic E-state index is 13.7. The van der Waals surface area contributed by atoms with Crippen molar-refractivity contribution in [2.75, 3.05) is 24.8 Å². The summed E-state index contributed by atoms with van der Waals surface area (Å²) >= 11 is 0. The molecule has 0 unspecified atom stereocenters. The van der Waals surface area contributed by atoms with Crippen LogP contribution in [-0.4, -0.2) is 20.1 Å². The molecule has 0 bridgehead atoms. The fourth-order valence-electron chi connectivity index (χ4n) is 1.89. The quantitative estimate of drug-likeness (QED) is 0.875. The van der Waals surface area contributed by atoms with E-state index in [1.54, 1.807) is 24.3 Å². The zero-order valence-electron chi connectivity index (χ0n) is 11.3. The number of carbonyl (C=O) groups is 1. The van der Waals surface area contributed by atoms with E-state index >= 15 is 0 Å². The number of rotatable bonds is 3. The SMILES string of the molecule is COc1cc(N)cc(C(=O)N(C)c2ccccc2F)c1. The zero-order valence-corrected chi connectivity index (χ0v) is 11.3. The third kappa shape index (κ3) is 2.71. The van der Waals surface area contributed by atoms with Crippen LogP contribution in [0.15, 0.2) is 42.5 Å². The molecule has 2 aromatic rings. The Balaban J connectivity index is 2.36. The Morgan fingerprint density at radius 3 is 2.60 bits per heavy atom. The first kappa shape index (κ1) is 13.9. The number of halogens is 1. The Labute approximate surface area is 116 Å². The summed E-state index contributed by atoms with van der Waals surface area (Å²) in [6.45, 7) is 0. The maximum atomic E-state index is 13.7. The van der Waals surface area contributed by atoms with Gasteiger partial charge in [-0.15, -0.1) is 0 Å².